The van der Waals surface area contributed by atoms with Gasteiger partial charge in [0.15, 0.2) is 0 Å². The zero-order valence-electron chi connectivity index (χ0n) is 11.9. The minimum Gasteiger partial charge on any atom is -0.481 e. The first kappa shape index (κ1) is 14.4. The molecule has 20 heavy (non-hydrogen) atoms. The van der Waals surface area contributed by atoms with Crippen LogP contribution in [0.3, 0.4) is 0 Å². The lowest BCUT2D eigenvalue weighted by Crippen LogP contribution is -2.40. The lowest BCUT2D eigenvalue weighted by atomic mass is 9.74. The standard InChI is InChI=1S/C14H20N4O2/c1-10-11(8-15)12(18(2)17-10)16-9-14(13(19)20)6-4-3-5-7-14/h16H,3-7,9H2,1-2H3,(H,19,20). The summed E-state index contributed by atoms with van der Waals surface area (Å²) in [6.07, 6.45) is 4.37. The number of hydrogen-bond acceptors (Lipinski definition) is 4. The van der Waals surface area contributed by atoms with Crippen LogP contribution in [-0.4, -0.2) is 27.4 Å². The summed E-state index contributed by atoms with van der Waals surface area (Å²) in [6.45, 7) is 2.12. The molecule has 1 aliphatic carbocycles. The van der Waals surface area contributed by atoms with Crippen molar-refractivity contribution in [3.63, 3.8) is 0 Å². The topological polar surface area (TPSA) is 90.9 Å². The lowest BCUT2D eigenvalue weighted by molar-refractivity contribution is -0.150. The van der Waals surface area contributed by atoms with Gasteiger partial charge in [-0.1, -0.05) is 19.3 Å². The smallest absolute Gasteiger partial charge is 0.311 e. The van der Waals surface area contributed by atoms with Crippen LogP contribution in [-0.2, 0) is 11.8 Å². The first-order valence-corrected chi connectivity index (χ1v) is 6.91. The highest BCUT2D eigenvalue weighted by Gasteiger charge is 2.39. The minimum absolute atomic E-state index is 0.343. The number of hydrogen-bond donors (Lipinski definition) is 2. The number of aromatic nitrogens is 2. The predicted molar refractivity (Wildman–Crippen MR) is 74.3 cm³/mol. The maximum absolute atomic E-state index is 11.6. The van der Waals surface area contributed by atoms with Gasteiger partial charge in [-0.25, -0.2) is 0 Å². The molecule has 2 N–H and O–H groups in total. The molecular formula is C14H20N4O2. The number of rotatable bonds is 4. The van der Waals surface area contributed by atoms with E-state index in [-0.39, 0.29) is 0 Å². The molecule has 1 aromatic heterocycles. The van der Waals surface area contributed by atoms with E-state index in [9.17, 15) is 9.90 Å². The fourth-order valence-corrected chi connectivity index (χ4v) is 2.94. The fraction of sp³-hybridized carbons (Fsp3) is 0.643. The van der Waals surface area contributed by atoms with Crippen LogP contribution >= 0.6 is 0 Å². The van der Waals surface area contributed by atoms with Gasteiger partial charge in [0.05, 0.1) is 11.1 Å². The Morgan fingerprint density at radius 3 is 2.70 bits per heavy atom. The van der Waals surface area contributed by atoms with Gasteiger partial charge in [0.2, 0.25) is 0 Å². The van der Waals surface area contributed by atoms with Crippen LogP contribution in [0.15, 0.2) is 0 Å². The van der Waals surface area contributed by atoms with Gasteiger partial charge in [-0.15, -0.1) is 0 Å². The second kappa shape index (κ2) is 5.53. The molecule has 0 atom stereocenters. The van der Waals surface area contributed by atoms with E-state index in [0.717, 1.165) is 19.3 Å². The highest BCUT2D eigenvalue weighted by molar-refractivity contribution is 5.75. The molecule has 1 saturated carbocycles. The van der Waals surface area contributed by atoms with Crippen molar-refractivity contribution in [3.8, 4) is 6.07 Å². The second-order valence-electron chi connectivity index (χ2n) is 5.54. The van der Waals surface area contributed by atoms with Gasteiger partial charge < -0.3 is 10.4 Å². The molecular weight excluding hydrogens is 256 g/mol. The van der Waals surface area contributed by atoms with Crippen molar-refractivity contribution in [2.75, 3.05) is 11.9 Å². The van der Waals surface area contributed by atoms with E-state index in [4.69, 9.17) is 5.26 Å². The van der Waals surface area contributed by atoms with Gasteiger partial charge in [0, 0.05) is 13.6 Å². The summed E-state index contributed by atoms with van der Waals surface area (Å²) in [5.74, 6) is -0.140. The average Bonchev–Trinajstić information content (AvgIpc) is 2.70. The van der Waals surface area contributed by atoms with Crippen molar-refractivity contribution in [1.82, 2.24) is 9.78 Å². The maximum Gasteiger partial charge on any atom is 0.311 e. The predicted octanol–water partition coefficient (Wildman–Crippen LogP) is 2.05. The molecule has 6 nitrogen and oxygen atoms in total. The molecule has 1 heterocycles. The normalized spacial score (nSPS) is 17.4. The molecule has 0 saturated heterocycles. The molecule has 2 rings (SSSR count). The van der Waals surface area contributed by atoms with E-state index in [1.165, 1.54) is 0 Å². The zero-order chi connectivity index (χ0) is 14.8. The van der Waals surface area contributed by atoms with Crippen LogP contribution in [0.2, 0.25) is 0 Å². The van der Waals surface area contributed by atoms with E-state index in [2.05, 4.69) is 16.5 Å². The third-order valence-electron chi connectivity index (χ3n) is 4.19. The van der Waals surface area contributed by atoms with Crippen LogP contribution in [0.1, 0.15) is 43.4 Å². The fourth-order valence-electron chi connectivity index (χ4n) is 2.94. The SMILES string of the molecule is Cc1nn(C)c(NCC2(C(=O)O)CCCCC2)c1C#N. The third kappa shape index (κ3) is 2.48. The van der Waals surface area contributed by atoms with E-state index in [0.29, 0.717) is 36.5 Å². The number of nitrogens with one attached hydrogen (secondary N) is 1. The number of aliphatic carboxylic acids is 1. The van der Waals surface area contributed by atoms with Crippen LogP contribution in [0, 0.1) is 23.7 Å². The molecule has 0 spiro atoms. The molecule has 0 radical (unpaired) electrons. The van der Waals surface area contributed by atoms with Crippen molar-refractivity contribution in [2.24, 2.45) is 12.5 Å². The van der Waals surface area contributed by atoms with Gasteiger partial charge in [-0.3, -0.25) is 9.48 Å². The summed E-state index contributed by atoms with van der Waals surface area (Å²) >= 11 is 0. The van der Waals surface area contributed by atoms with Crippen molar-refractivity contribution >= 4 is 11.8 Å². The monoisotopic (exact) mass is 276 g/mol. The number of aryl methyl sites for hydroxylation is 2. The van der Waals surface area contributed by atoms with E-state index in [1.807, 2.05) is 0 Å². The highest BCUT2D eigenvalue weighted by Crippen LogP contribution is 2.37. The number of nitriles is 1. The zero-order valence-corrected chi connectivity index (χ0v) is 11.9. The van der Waals surface area contributed by atoms with Crippen LogP contribution in [0.25, 0.3) is 0 Å². The van der Waals surface area contributed by atoms with Gasteiger partial charge in [-0.05, 0) is 19.8 Å². The summed E-state index contributed by atoms with van der Waals surface area (Å²) in [7, 11) is 1.75. The van der Waals surface area contributed by atoms with Crippen LogP contribution < -0.4 is 5.32 Å². The number of carboxylic acids is 1. The summed E-state index contributed by atoms with van der Waals surface area (Å²) < 4.78 is 1.60. The molecule has 0 aliphatic heterocycles. The summed E-state index contributed by atoms with van der Waals surface area (Å²) in [4.78, 5) is 11.6. The van der Waals surface area contributed by atoms with Gasteiger partial charge in [0.1, 0.15) is 17.5 Å². The molecule has 1 aromatic rings. The molecule has 0 unspecified atom stereocenters. The Labute approximate surface area is 118 Å². The number of anilines is 1. The Morgan fingerprint density at radius 2 is 2.15 bits per heavy atom. The van der Waals surface area contributed by atoms with Crippen molar-refractivity contribution in [2.45, 2.75) is 39.0 Å². The van der Waals surface area contributed by atoms with Gasteiger partial charge in [-0.2, -0.15) is 10.4 Å². The van der Waals surface area contributed by atoms with E-state index >= 15 is 0 Å². The van der Waals surface area contributed by atoms with E-state index < -0.39 is 11.4 Å². The van der Waals surface area contributed by atoms with Gasteiger partial charge in [0.25, 0.3) is 0 Å². The number of nitrogens with zero attached hydrogens (tertiary/aromatic N) is 3. The number of carbonyl (C=O) groups is 1. The minimum atomic E-state index is -0.748. The molecule has 1 aliphatic rings. The summed E-state index contributed by atoms with van der Waals surface area (Å²) in [5, 5.41) is 26.0. The average molecular weight is 276 g/mol. The molecule has 6 heteroatoms. The van der Waals surface area contributed by atoms with Crippen molar-refractivity contribution in [1.29, 1.82) is 5.26 Å². The van der Waals surface area contributed by atoms with Crippen LogP contribution in [0.4, 0.5) is 5.82 Å². The van der Waals surface area contributed by atoms with Gasteiger partial charge >= 0.3 is 5.97 Å². The Bertz CT molecular complexity index is 550. The Hall–Kier alpha value is -2.03. The molecule has 108 valence electrons. The first-order valence-electron chi connectivity index (χ1n) is 6.91. The van der Waals surface area contributed by atoms with E-state index in [1.54, 1.807) is 18.7 Å². The van der Waals surface area contributed by atoms with Crippen molar-refractivity contribution < 1.29 is 9.90 Å². The highest BCUT2D eigenvalue weighted by atomic mass is 16.4. The first-order chi connectivity index (χ1) is 9.50. The largest absolute Gasteiger partial charge is 0.481 e. The summed E-state index contributed by atoms with van der Waals surface area (Å²) in [6, 6.07) is 2.12. The molecule has 0 aromatic carbocycles. The Kier molecular flexibility index (Phi) is 3.98. The van der Waals surface area contributed by atoms with Crippen LogP contribution in [0.5, 0.6) is 0 Å². The summed E-state index contributed by atoms with van der Waals surface area (Å²) in [5.41, 5.74) is 0.428. The van der Waals surface area contributed by atoms with Crippen molar-refractivity contribution in [3.05, 3.63) is 11.3 Å². The Morgan fingerprint density at radius 1 is 1.50 bits per heavy atom. The molecule has 1 fully saturated rings. The lowest BCUT2D eigenvalue weighted by Gasteiger charge is -2.33. The third-order valence-corrected chi connectivity index (χ3v) is 4.19. The Balaban J connectivity index is 2.18. The number of carboxylic acid groups (broad SMARTS) is 1. The quantitative estimate of drug-likeness (QED) is 0.878. The maximum atomic E-state index is 11.6. The molecule has 0 amide bonds. The molecule has 0 bridgehead atoms. The second-order valence-corrected chi connectivity index (χ2v) is 5.54.